The van der Waals surface area contributed by atoms with E-state index in [0.717, 1.165) is 5.01 Å². The highest BCUT2D eigenvalue weighted by molar-refractivity contribution is 5.93. The van der Waals surface area contributed by atoms with Crippen molar-refractivity contribution >= 4 is 17.8 Å². The van der Waals surface area contributed by atoms with Gasteiger partial charge in [0.25, 0.3) is 0 Å². The standard InChI is InChI=1S/C11H15N3O3/c1-3-17-11(16)13-14(10(15)12-2)9-7-5-4-6-8-9/h4-8H,3H2,1-2H3,(H,12,15)(H,13,16). The molecule has 0 heterocycles. The maximum atomic E-state index is 11.6. The van der Waals surface area contributed by atoms with Gasteiger partial charge in [0, 0.05) is 7.05 Å². The van der Waals surface area contributed by atoms with Crippen LogP contribution in [0.1, 0.15) is 6.92 Å². The molecule has 1 aromatic rings. The Balaban J connectivity index is 2.82. The van der Waals surface area contributed by atoms with Crippen molar-refractivity contribution in [2.75, 3.05) is 18.7 Å². The summed E-state index contributed by atoms with van der Waals surface area (Å²) in [6, 6.07) is 8.28. The maximum absolute atomic E-state index is 11.6. The van der Waals surface area contributed by atoms with Crippen molar-refractivity contribution in [3.63, 3.8) is 0 Å². The first-order chi connectivity index (χ1) is 8.19. The van der Waals surface area contributed by atoms with Crippen LogP contribution in [0.25, 0.3) is 0 Å². The van der Waals surface area contributed by atoms with Crippen LogP contribution in [0, 0.1) is 0 Å². The lowest BCUT2D eigenvalue weighted by molar-refractivity contribution is 0.151. The van der Waals surface area contributed by atoms with Crippen LogP contribution in [0.4, 0.5) is 15.3 Å². The molecule has 0 spiro atoms. The van der Waals surface area contributed by atoms with Crippen molar-refractivity contribution in [1.29, 1.82) is 0 Å². The fourth-order valence-electron chi connectivity index (χ4n) is 1.18. The van der Waals surface area contributed by atoms with Gasteiger partial charge in [-0.25, -0.2) is 20.0 Å². The molecule has 0 atom stereocenters. The molecule has 0 radical (unpaired) electrons. The molecule has 0 aliphatic rings. The molecular weight excluding hydrogens is 222 g/mol. The van der Waals surface area contributed by atoms with E-state index >= 15 is 0 Å². The number of anilines is 1. The van der Waals surface area contributed by atoms with Crippen LogP contribution in [0.2, 0.25) is 0 Å². The minimum Gasteiger partial charge on any atom is -0.449 e. The summed E-state index contributed by atoms with van der Waals surface area (Å²) in [5.74, 6) is 0. The summed E-state index contributed by atoms with van der Waals surface area (Å²) in [6.07, 6.45) is -0.681. The summed E-state index contributed by atoms with van der Waals surface area (Å²) in [5.41, 5.74) is 2.89. The number of ether oxygens (including phenoxy) is 1. The zero-order valence-corrected chi connectivity index (χ0v) is 9.77. The van der Waals surface area contributed by atoms with Crippen LogP contribution in [-0.2, 0) is 4.74 Å². The summed E-state index contributed by atoms with van der Waals surface area (Å²) < 4.78 is 4.72. The Hall–Kier alpha value is -2.24. The number of urea groups is 1. The second-order valence-corrected chi connectivity index (χ2v) is 3.06. The molecule has 6 nitrogen and oxygen atoms in total. The number of hydrogen-bond donors (Lipinski definition) is 2. The van der Waals surface area contributed by atoms with Gasteiger partial charge in [0.1, 0.15) is 0 Å². The lowest BCUT2D eigenvalue weighted by Crippen LogP contribution is -2.50. The van der Waals surface area contributed by atoms with Crippen LogP contribution >= 0.6 is 0 Å². The zero-order valence-electron chi connectivity index (χ0n) is 9.77. The first-order valence-corrected chi connectivity index (χ1v) is 5.19. The molecule has 1 rings (SSSR count). The number of carbonyl (C=O) groups is 2. The third-order valence-corrected chi connectivity index (χ3v) is 1.91. The lowest BCUT2D eigenvalue weighted by Gasteiger charge is -2.22. The van der Waals surface area contributed by atoms with Crippen molar-refractivity contribution < 1.29 is 14.3 Å². The minimum absolute atomic E-state index is 0.238. The fraction of sp³-hybridized carbons (Fsp3) is 0.273. The first kappa shape index (κ1) is 12.8. The van der Waals surface area contributed by atoms with Crippen molar-refractivity contribution in [3.05, 3.63) is 30.3 Å². The molecule has 2 N–H and O–H groups in total. The molecule has 17 heavy (non-hydrogen) atoms. The van der Waals surface area contributed by atoms with Gasteiger partial charge in [-0.15, -0.1) is 0 Å². The quantitative estimate of drug-likeness (QED) is 0.765. The molecule has 6 heteroatoms. The Morgan fingerprint density at radius 3 is 2.47 bits per heavy atom. The molecular formula is C11H15N3O3. The van der Waals surface area contributed by atoms with Crippen molar-refractivity contribution in [2.45, 2.75) is 6.92 Å². The molecule has 0 fully saturated rings. The number of hydrazine groups is 1. The van der Waals surface area contributed by atoms with E-state index in [1.54, 1.807) is 31.2 Å². The summed E-state index contributed by atoms with van der Waals surface area (Å²) in [6.45, 7) is 1.93. The molecule has 0 aliphatic heterocycles. The Kier molecular flexibility index (Phi) is 4.80. The number of amides is 3. The van der Waals surface area contributed by atoms with Crippen molar-refractivity contribution in [2.24, 2.45) is 0 Å². The number of carbonyl (C=O) groups excluding carboxylic acids is 2. The first-order valence-electron chi connectivity index (χ1n) is 5.19. The van der Waals surface area contributed by atoms with Crippen molar-refractivity contribution in [3.8, 4) is 0 Å². The SMILES string of the molecule is CCOC(=O)NN(C(=O)NC)c1ccccc1. The third kappa shape index (κ3) is 3.67. The Bertz CT molecular complexity index is 381. The number of para-hydroxylation sites is 1. The molecule has 0 unspecified atom stereocenters. The van der Waals surface area contributed by atoms with Crippen LogP contribution < -0.4 is 15.8 Å². The molecule has 0 saturated heterocycles. The van der Waals surface area contributed by atoms with E-state index in [1.165, 1.54) is 7.05 Å². The molecule has 1 aromatic carbocycles. The molecule has 92 valence electrons. The van der Waals surface area contributed by atoms with E-state index in [0.29, 0.717) is 5.69 Å². The van der Waals surface area contributed by atoms with Gasteiger partial charge in [0.2, 0.25) is 0 Å². The molecule has 3 amide bonds. The predicted octanol–water partition coefficient (Wildman–Crippen LogP) is 1.49. The van der Waals surface area contributed by atoms with E-state index in [-0.39, 0.29) is 6.61 Å². The highest BCUT2D eigenvalue weighted by Gasteiger charge is 2.17. The smallest absolute Gasteiger partial charge is 0.426 e. The number of rotatable bonds is 2. The second-order valence-electron chi connectivity index (χ2n) is 3.06. The summed E-state index contributed by atoms with van der Waals surface area (Å²) >= 11 is 0. The normalized spacial score (nSPS) is 9.29. The van der Waals surface area contributed by atoms with E-state index in [1.807, 2.05) is 6.07 Å². The summed E-state index contributed by atoms with van der Waals surface area (Å²) in [7, 11) is 1.48. The van der Waals surface area contributed by atoms with Gasteiger partial charge in [-0.3, -0.25) is 0 Å². The lowest BCUT2D eigenvalue weighted by atomic mass is 10.3. The van der Waals surface area contributed by atoms with Gasteiger partial charge >= 0.3 is 12.1 Å². The number of hydrogen-bond acceptors (Lipinski definition) is 3. The Morgan fingerprint density at radius 2 is 1.94 bits per heavy atom. The summed E-state index contributed by atoms with van der Waals surface area (Å²) in [5, 5.41) is 3.51. The highest BCUT2D eigenvalue weighted by Crippen LogP contribution is 2.10. The van der Waals surface area contributed by atoms with Gasteiger partial charge in [-0.2, -0.15) is 0 Å². The van der Waals surface area contributed by atoms with Gasteiger partial charge < -0.3 is 10.1 Å². The molecule has 0 aliphatic carbocycles. The summed E-state index contributed by atoms with van der Waals surface area (Å²) in [4.78, 5) is 22.9. The largest absolute Gasteiger partial charge is 0.449 e. The van der Waals surface area contributed by atoms with Gasteiger partial charge in [0.15, 0.2) is 0 Å². The number of nitrogens with one attached hydrogen (secondary N) is 2. The van der Waals surface area contributed by atoms with E-state index in [2.05, 4.69) is 10.7 Å². The van der Waals surface area contributed by atoms with Gasteiger partial charge in [-0.05, 0) is 19.1 Å². The average Bonchev–Trinajstić information content (AvgIpc) is 2.36. The van der Waals surface area contributed by atoms with Crippen molar-refractivity contribution in [1.82, 2.24) is 10.7 Å². The van der Waals surface area contributed by atoms with Crippen LogP contribution in [0.5, 0.6) is 0 Å². The number of nitrogens with zero attached hydrogens (tertiary/aromatic N) is 1. The highest BCUT2D eigenvalue weighted by atomic mass is 16.6. The van der Waals surface area contributed by atoms with E-state index in [4.69, 9.17) is 4.74 Å². The molecule has 0 bridgehead atoms. The van der Waals surface area contributed by atoms with E-state index < -0.39 is 12.1 Å². The van der Waals surface area contributed by atoms with E-state index in [9.17, 15) is 9.59 Å². The average molecular weight is 237 g/mol. The monoisotopic (exact) mass is 237 g/mol. The molecule has 0 aromatic heterocycles. The minimum atomic E-state index is -0.681. The Labute approximate surface area is 99.5 Å². The topological polar surface area (TPSA) is 70.7 Å². The Morgan fingerprint density at radius 1 is 1.29 bits per heavy atom. The fourth-order valence-corrected chi connectivity index (χ4v) is 1.18. The predicted molar refractivity (Wildman–Crippen MR) is 63.5 cm³/mol. The number of benzene rings is 1. The van der Waals surface area contributed by atoms with Gasteiger partial charge in [-0.1, -0.05) is 18.2 Å². The second kappa shape index (κ2) is 6.37. The third-order valence-electron chi connectivity index (χ3n) is 1.91. The maximum Gasteiger partial charge on any atom is 0.426 e. The van der Waals surface area contributed by atoms with Gasteiger partial charge in [0.05, 0.1) is 12.3 Å². The van der Waals surface area contributed by atoms with Crippen LogP contribution in [0.3, 0.4) is 0 Å². The van der Waals surface area contributed by atoms with Crippen LogP contribution in [0.15, 0.2) is 30.3 Å². The van der Waals surface area contributed by atoms with Crippen LogP contribution in [-0.4, -0.2) is 25.8 Å². The molecule has 0 saturated carbocycles. The zero-order chi connectivity index (χ0) is 12.7.